The van der Waals surface area contributed by atoms with Crippen molar-refractivity contribution in [1.82, 2.24) is 10.5 Å². The summed E-state index contributed by atoms with van der Waals surface area (Å²) in [6.45, 7) is 5.52. The Morgan fingerprint density at radius 1 is 1.35 bits per heavy atom. The summed E-state index contributed by atoms with van der Waals surface area (Å²) in [7, 11) is 0. The molecule has 1 heterocycles. The van der Waals surface area contributed by atoms with Gasteiger partial charge in [0, 0.05) is 6.04 Å². The molecule has 3 rings (SSSR count). The third-order valence-corrected chi connectivity index (χ3v) is 4.21. The third-order valence-electron chi connectivity index (χ3n) is 4.21. The molecule has 0 bridgehead atoms. The molecule has 1 amide bonds. The zero-order chi connectivity index (χ0) is 18.7. The van der Waals surface area contributed by atoms with Gasteiger partial charge in [-0.15, -0.1) is 0 Å². The van der Waals surface area contributed by atoms with Crippen LogP contribution < -0.4 is 10.1 Å². The summed E-state index contributed by atoms with van der Waals surface area (Å²) in [6, 6.07) is 6.89. The van der Waals surface area contributed by atoms with Crippen LogP contribution in [0, 0.1) is 13.8 Å². The molecule has 1 aliphatic rings. The Bertz CT molecular complexity index is 791. The fourth-order valence-corrected chi connectivity index (χ4v) is 2.40. The molecule has 1 saturated carbocycles. The number of carbonyl (C=O) groups excluding carboxylic acids is 2. The van der Waals surface area contributed by atoms with Crippen molar-refractivity contribution in [3.05, 3.63) is 46.8 Å². The summed E-state index contributed by atoms with van der Waals surface area (Å²) in [5.41, 5.74) is 1.98. The first kappa shape index (κ1) is 18.0. The van der Waals surface area contributed by atoms with Crippen LogP contribution in [0.4, 0.5) is 0 Å². The molecule has 2 aromatic rings. The van der Waals surface area contributed by atoms with E-state index in [1.807, 2.05) is 13.8 Å². The molecule has 7 heteroatoms. The molecular formula is C19H22N2O5. The fourth-order valence-electron chi connectivity index (χ4n) is 2.40. The van der Waals surface area contributed by atoms with Crippen molar-refractivity contribution < 1.29 is 23.6 Å². The quantitative estimate of drug-likeness (QED) is 0.765. The smallest absolute Gasteiger partial charge is 0.339 e. The van der Waals surface area contributed by atoms with E-state index in [-0.39, 0.29) is 11.9 Å². The highest BCUT2D eigenvalue weighted by molar-refractivity contribution is 5.92. The second-order valence-electron chi connectivity index (χ2n) is 6.45. The predicted octanol–water partition coefficient (Wildman–Crippen LogP) is 2.69. The van der Waals surface area contributed by atoms with E-state index in [0.29, 0.717) is 23.7 Å². The number of aryl methyl sites for hydroxylation is 2. The number of esters is 1. The van der Waals surface area contributed by atoms with E-state index >= 15 is 0 Å². The van der Waals surface area contributed by atoms with Gasteiger partial charge in [0.25, 0.3) is 5.91 Å². The Kier molecular flexibility index (Phi) is 5.25. The Labute approximate surface area is 151 Å². The van der Waals surface area contributed by atoms with Gasteiger partial charge in [0.15, 0.2) is 6.10 Å². The molecule has 1 aromatic heterocycles. The van der Waals surface area contributed by atoms with E-state index in [2.05, 4.69) is 10.5 Å². The van der Waals surface area contributed by atoms with Gasteiger partial charge >= 0.3 is 5.97 Å². The van der Waals surface area contributed by atoms with Crippen LogP contribution in [-0.4, -0.2) is 29.2 Å². The average Bonchev–Trinajstić information content (AvgIpc) is 3.38. The lowest BCUT2D eigenvalue weighted by atomic mass is 10.2. The topological polar surface area (TPSA) is 90.7 Å². The molecule has 138 valence electrons. The zero-order valence-electron chi connectivity index (χ0n) is 15.1. The summed E-state index contributed by atoms with van der Waals surface area (Å²) in [5.74, 6) is 0.390. The second kappa shape index (κ2) is 7.59. The van der Waals surface area contributed by atoms with E-state index < -0.39 is 12.1 Å². The third kappa shape index (κ3) is 4.41. The van der Waals surface area contributed by atoms with Crippen LogP contribution in [0.15, 0.2) is 28.8 Å². The first-order chi connectivity index (χ1) is 12.4. The number of nitrogens with one attached hydrogen (secondary N) is 1. The summed E-state index contributed by atoms with van der Waals surface area (Å²) in [4.78, 5) is 24.2. The van der Waals surface area contributed by atoms with Crippen molar-refractivity contribution in [2.75, 3.05) is 0 Å². The number of hydrogen-bond acceptors (Lipinski definition) is 6. The van der Waals surface area contributed by atoms with Gasteiger partial charge in [-0.3, -0.25) is 4.79 Å². The Balaban J connectivity index is 1.59. The average molecular weight is 358 g/mol. The van der Waals surface area contributed by atoms with Crippen molar-refractivity contribution in [3.8, 4) is 5.75 Å². The monoisotopic (exact) mass is 358 g/mol. The molecule has 0 aliphatic heterocycles. The number of ether oxygens (including phenoxy) is 2. The lowest BCUT2D eigenvalue weighted by Gasteiger charge is -2.13. The summed E-state index contributed by atoms with van der Waals surface area (Å²) < 4.78 is 16.1. The molecular weight excluding hydrogens is 336 g/mol. The fraction of sp³-hybridized carbons (Fsp3) is 0.421. The zero-order valence-corrected chi connectivity index (χ0v) is 15.1. The van der Waals surface area contributed by atoms with Gasteiger partial charge in [0.2, 0.25) is 0 Å². The summed E-state index contributed by atoms with van der Waals surface area (Å²) >= 11 is 0. The SMILES string of the molecule is Cc1noc(C)c1COc1cccc(C(=O)O[C@H](C)C(=O)NC2CC2)c1. The summed E-state index contributed by atoms with van der Waals surface area (Å²) in [5, 5.41) is 6.69. The minimum absolute atomic E-state index is 0.227. The number of rotatable bonds is 7. The molecule has 0 spiro atoms. The minimum Gasteiger partial charge on any atom is -0.489 e. The van der Waals surface area contributed by atoms with E-state index in [1.165, 1.54) is 0 Å². The molecule has 1 atom stereocenters. The van der Waals surface area contributed by atoms with Crippen LogP contribution in [0.25, 0.3) is 0 Å². The molecule has 1 N–H and O–H groups in total. The van der Waals surface area contributed by atoms with Gasteiger partial charge in [0.1, 0.15) is 18.1 Å². The number of nitrogens with zero attached hydrogens (tertiary/aromatic N) is 1. The largest absolute Gasteiger partial charge is 0.489 e. The number of aromatic nitrogens is 1. The van der Waals surface area contributed by atoms with E-state index in [9.17, 15) is 9.59 Å². The first-order valence-electron chi connectivity index (χ1n) is 8.60. The predicted molar refractivity (Wildman–Crippen MR) is 92.8 cm³/mol. The Morgan fingerprint density at radius 2 is 2.12 bits per heavy atom. The van der Waals surface area contributed by atoms with E-state index in [1.54, 1.807) is 31.2 Å². The number of benzene rings is 1. The van der Waals surface area contributed by atoms with Crippen LogP contribution >= 0.6 is 0 Å². The maximum atomic E-state index is 12.3. The van der Waals surface area contributed by atoms with Gasteiger partial charge < -0.3 is 19.3 Å². The molecule has 1 aromatic carbocycles. The molecule has 1 aliphatic carbocycles. The number of amides is 1. The maximum Gasteiger partial charge on any atom is 0.339 e. The lowest BCUT2D eigenvalue weighted by molar-refractivity contribution is -0.129. The highest BCUT2D eigenvalue weighted by Gasteiger charge is 2.27. The maximum absolute atomic E-state index is 12.3. The van der Waals surface area contributed by atoms with Crippen molar-refractivity contribution in [3.63, 3.8) is 0 Å². The molecule has 0 unspecified atom stereocenters. The van der Waals surface area contributed by atoms with Crippen LogP contribution in [0.5, 0.6) is 5.75 Å². The van der Waals surface area contributed by atoms with Crippen molar-refractivity contribution >= 4 is 11.9 Å². The highest BCUT2D eigenvalue weighted by atomic mass is 16.5. The normalized spacial score (nSPS) is 14.6. The Morgan fingerprint density at radius 3 is 2.77 bits per heavy atom. The van der Waals surface area contributed by atoms with E-state index in [0.717, 1.165) is 24.1 Å². The second-order valence-corrected chi connectivity index (χ2v) is 6.45. The lowest BCUT2D eigenvalue weighted by Crippen LogP contribution is -2.37. The van der Waals surface area contributed by atoms with E-state index in [4.69, 9.17) is 14.0 Å². The standard InChI is InChI=1S/C19H22N2O5/c1-11-17(12(2)26-21-11)10-24-16-6-4-5-14(9-16)19(23)25-13(3)18(22)20-15-7-8-15/h4-6,9,13,15H,7-8,10H2,1-3H3,(H,20,22)/t13-/m1/s1. The molecule has 1 fully saturated rings. The van der Waals surface area contributed by atoms with Crippen LogP contribution in [0.2, 0.25) is 0 Å². The first-order valence-corrected chi connectivity index (χ1v) is 8.60. The van der Waals surface area contributed by atoms with Gasteiger partial charge in [-0.05, 0) is 51.8 Å². The van der Waals surface area contributed by atoms with Gasteiger partial charge in [-0.1, -0.05) is 11.2 Å². The molecule has 7 nitrogen and oxygen atoms in total. The van der Waals surface area contributed by atoms with Gasteiger partial charge in [-0.2, -0.15) is 0 Å². The molecule has 0 saturated heterocycles. The van der Waals surface area contributed by atoms with Crippen LogP contribution in [0.1, 0.15) is 47.1 Å². The number of hydrogen-bond donors (Lipinski definition) is 1. The Hall–Kier alpha value is -2.83. The highest BCUT2D eigenvalue weighted by Crippen LogP contribution is 2.20. The van der Waals surface area contributed by atoms with Crippen molar-refractivity contribution in [2.24, 2.45) is 0 Å². The van der Waals surface area contributed by atoms with Gasteiger partial charge in [0.05, 0.1) is 16.8 Å². The van der Waals surface area contributed by atoms with Crippen LogP contribution in [0.3, 0.4) is 0 Å². The van der Waals surface area contributed by atoms with Gasteiger partial charge in [-0.25, -0.2) is 4.79 Å². The molecule has 0 radical (unpaired) electrons. The number of carbonyl (C=O) groups is 2. The van der Waals surface area contributed by atoms with Crippen molar-refractivity contribution in [1.29, 1.82) is 0 Å². The minimum atomic E-state index is -0.838. The summed E-state index contributed by atoms with van der Waals surface area (Å²) in [6.07, 6.45) is 1.13. The molecule has 26 heavy (non-hydrogen) atoms. The van der Waals surface area contributed by atoms with Crippen molar-refractivity contribution in [2.45, 2.75) is 52.4 Å². The van der Waals surface area contributed by atoms with Crippen LogP contribution in [-0.2, 0) is 16.1 Å².